The highest BCUT2D eigenvalue weighted by Gasteiger charge is 1.57. The maximum absolute atomic E-state index is 9.32. The first kappa shape index (κ1) is 5.18. The van der Waals surface area contributed by atoms with Crippen LogP contribution in [0.1, 0.15) is 0 Å². The summed E-state index contributed by atoms with van der Waals surface area (Å²) in [5.41, 5.74) is 0. The van der Waals surface area contributed by atoms with Crippen LogP contribution in [0.15, 0.2) is 0 Å². The van der Waals surface area contributed by atoms with E-state index in [0.29, 0.717) is 5.37 Å². The summed E-state index contributed by atoms with van der Waals surface area (Å²) in [5, 5.41) is 8.05. The monoisotopic (exact) mass is 103 g/mol. The van der Waals surface area contributed by atoms with Gasteiger partial charge in [0.1, 0.15) is 11.4 Å². The molecule has 3 nitrogen and oxygen atoms in total. The smallest absolute Gasteiger partial charge is 0.192 e. The fraction of sp³-hybridized carbons (Fsp3) is 0. The number of hydrogen-bond acceptors (Lipinski definition) is 3. The zero-order chi connectivity index (χ0) is 4.99. The third kappa shape index (κ3) is 3.18. The predicted molar refractivity (Wildman–Crippen MR) is 20.6 cm³/mol. The molecule has 0 unspecified atom stereocenters. The summed E-state index contributed by atoms with van der Waals surface area (Å²) in [7, 11) is -2.30. The molecule has 0 aromatic heterocycles. The van der Waals surface area contributed by atoms with Gasteiger partial charge in [-0.2, -0.15) is 13.7 Å². The largest absolute Gasteiger partial charge is 0.224 e. The Morgan fingerprint density at radius 1 is 1.67 bits per heavy atom. The lowest BCUT2D eigenvalue weighted by atomic mass is 10.9. The second-order valence-corrected chi connectivity index (χ2v) is 1.26. The molecule has 0 radical (unpaired) electrons. The molecule has 0 spiro atoms. The first-order chi connectivity index (χ1) is 2.77. The van der Waals surface area contributed by atoms with E-state index in [0.717, 1.165) is 0 Å². The first-order valence-electron chi connectivity index (χ1n) is 1.08. The van der Waals surface area contributed by atoms with Crippen LogP contribution in [0.25, 0.3) is 0 Å². The molecule has 0 amide bonds. The van der Waals surface area contributed by atoms with Crippen molar-refractivity contribution in [1.29, 1.82) is 5.26 Å². The Morgan fingerprint density at radius 3 is 2.17 bits per heavy atom. The Morgan fingerprint density at radius 2 is 2.17 bits per heavy atom. The van der Waals surface area contributed by atoms with Crippen LogP contribution in [0.4, 0.5) is 0 Å². The van der Waals surface area contributed by atoms with E-state index in [1.807, 2.05) is 0 Å². The fourth-order valence-electron chi connectivity index (χ4n) is 0.0430. The van der Waals surface area contributed by atoms with Gasteiger partial charge in [0.25, 0.3) is 0 Å². The molecule has 0 N–H and O–H groups in total. The van der Waals surface area contributed by atoms with Crippen molar-refractivity contribution in [3.05, 3.63) is 0 Å². The zero-order valence-electron chi connectivity index (χ0n) is 2.75. The molecule has 0 saturated heterocycles. The molecule has 0 heterocycles. The third-order valence-corrected chi connectivity index (χ3v) is 0.447. The Hall–Kier alpha value is -0.820. The van der Waals surface area contributed by atoms with Crippen molar-refractivity contribution in [2.45, 2.75) is 0 Å². The van der Waals surface area contributed by atoms with Gasteiger partial charge in [0.05, 0.1) is 0 Å². The van der Waals surface area contributed by atoms with Gasteiger partial charge in [-0.25, -0.2) is 0 Å². The minimum absolute atomic E-state index is 0.514. The van der Waals surface area contributed by atoms with Crippen LogP contribution < -0.4 is 0 Å². The average molecular weight is 103 g/mol. The van der Waals surface area contributed by atoms with Crippen molar-refractivity contribution < 1.29 is 8.42 Å². The van der Waals surface area contributed by atoms with Crippen LogP contribution in [-0.4, -0.2) is 13.8 Å². The summed E-state index contributed by atoms with van der Waals surface area (Å²) in [4.78, 5) is 0. The van der Waals surface area contributed by atoms with Crippen molar-refractivity contribution in [1.82, 2.24) is 0 Å². The van der Waals surface area contributed by atoms with Crippen LogP contribution in [0, 0.1) is 11.3 Å². The number of nitrogens with zero attached hydrogens (tertiary/aromatic N) is 1. The van der Waals surface area contributed by atoms with Crippen molar-refractivity contribution >= 4 is 15.7 Å². The lowest BCUT2D eigenvalue weighted by Crippen LogP contribution is -1.60. The van der Waals surface area contributed by atoms with E-state index in [4.69, 9.17) is 5.26 Å². The topological polar surface area (TPSA) is 57.9 Å². The number of hydrogen-bond donors (Lipinski definition) is 0. The lowest BCUT2D eigenvalue weighted by molar-refractivity contribution is 0.627. The minimum Gasteiger partial charge on any atom is -0.192 e. The second kappa shape index (κ2) is 2.42. The Labute approximate surface area is 36.4 Å². The maximum atomic E-state index is 9.32. The van der Waals surface area contributed by atoms with Gasteiger partial charge in [-0.3, -0.25) is 0 Å². The minimum atomic E-state index is -2.30. The lowest BCUT2D eigenvalue weighted by Gasteiger charge is -1.37. The average Bonchev–Trinajstić information content (AvgIpc) is 1.35. The molecular weight excluding hydrogens is 102 g/mol. The van der Waals surface area contributed by atoms with Crippen LogP contribution in [0.2, 0.25) is 0 Å². The summed E-state index contributed by atoms with van der Waals surface area (Å²) in [6.07, 6.45) is 0. The van der Waals surface area contributed by atoms with E-state index in [2.05, 4.69) is 0 Å². The second-order valence-electron chi connectivity index (χ2n) is 0.507. The molecule has 0 atom stereocenters. The molecule has 4 heteroatoms. The molecule has 0 aliphatic heterocycles. The van der Waals surface area contributed by atoms with Gasteiger partial charge in [-0.15, -0.1) is 0 Å². The number of rotatable bonds is 0. The molecular formula is C2HNO2S. The van der Waals surface area contributed by atoms with Crippen LogP contribution in [0.3, 0.4) is 0 Å². The molecule has 6 heavy (non-hydrogen) atoms. The van der Waals surface area contributed by atoms with Crippen molar-refractivity contribution in [3.63, 3.8) is 0 Å². The zero-order valence-corrected chi connectivity index (χ0v) is 3.57. The normalized spacial score (nSPS) is 5.83. The molecule has 0 fully saturated rings. The van der Waals surface area contributed by atoms with Gasteiger partial charge >= 0.3 is 0 Å². The van der Waals surface area contributed by atoms with Crippen LogP contribution in [-0.2, 0) is 10.3 Å². The molecule has 0 aromatic rings. The highest BCUT2D eigenvalue weighted by molar-refractivity contribution is 7.71. The molecule has 0 rings (SSSR count). The standard InChI is InChI=1S/C2HNO2S/c3-1-2-6(4)5/h2H. The quantitative estimate of drug-likeness (QED) is 0.377. The van der Waals surface area contributed by atoms with E-state index < -0.39 is 10.3 Å². The molecule has 0 aliphatic rings. The molecule has 0 aromatic carbocycles. The molecule has 0 saturated carbocycles. The van der Waals surface area contributed by atoms with Crippen molar-refractivity contribution in [3.8, 4) is 6.07 Å². The Bertz CT molecular complexity index is 174. The van der Waals surface area contributed by atoms with E-state index >= 15 is 0 Å². The van der Waals surface area contributed by atoms with Gasteiger partial charge in [0.2, 0.25) is 10.3 Å². The molecule has 32 valence electrons. The Kier molecular flexibility index (Phi) is 2.09. The predicted octanol–water partition coefficient (Wildman–Crippen LogP) is -0.809. The van der Waals surface area contributed by atoms with Crippen molar-refractivity contribution in [2.75, 3.05) is 0 Å². The van der Waals surface area contributed by atoms with Gasteiger partial charge in [0.15, 0.2) is 0 Å². The fourth-order valence-corrected chi connectivity index (χ4v) is 0.129. The van der Waals surface area contributed by atoms with Gasteiger partial charge in [-0.1, -0.05) is 0 Å². The Balaban J connectivity index is 4.31. The highest BCUT2D eigenvalue weighted by Crippen LogP contribution is 1.33. The van der Waals surface area contributed by atoms with Gasteiger partial charge in [-0.05, 0) is 0 Å². The van der Waals surface area contributed by atoms with Gasteiger partial charge < -0.3 is 0 Å². The summed E-state index contributed by atoms with van der Waals surface area (Å²) >= 11 is 0. The molecule has 0 bridgehead atoms. The van der Waals surface area contributed by atoms with E-state index in [1.165, 1.54) is 6.07 Å². The maximum Gasteiger partial charge on any atom is 0.224 e. The number of nitriles is 1. The van der Waals surface area contributed by atoms with E-state index in [1.54, 1.807) is 0 Å². The van der Waals surface area contributed by atoms with Crippen molar-refractivity contribution in [2.24, 2.45) is 0 Å². The molecule has 0 aliphatic carbocycles. The highest BCUT2D eigenvalue weighted by atomic mass is 32.2. The van der Waals surface area contributed by atoms with Crippen LogP contribution >= 0.6 is 0 Å². The summed E-state index contributed by atoms with van der Waals surface area (Å²) in [5.74, 6) is 0. The summed E-state index contributed by atoms with van der Waals surface area (Å²) in [6, 6.07) is 1.33. The third-order valence-electron chi connectivity index (χ3n) is 0.149. The summed E-state index contributed by atoms with van der Waals surface area (Å²) in [6.45, 7) is 0. The summed E-state index contributed by atoms with van der Waals surface area (Å²) < 4.78 is 18.6. The SMILES string of the molecule is N#CC=S(=O)=O. The van der Waals surface area contributed by atoms with E-state index in [9.17, 15) is 8.42 Å². The van der Waals surface area contributed by atoms with Gasteiger partial charge in [0, 0.05) is 0 Å². The van der Waals surface area contributed by atoms with Crippen LogP contribution in [0.5, 0.6) is 0 Å². The van der Waals surface area contributed by atoms with E-state index in [-0.39, 0.29) is 0 Å². The first-order valence-corrected chi connectivity index (χ1v) is 2.22.